The Hall–Kier alpha value is -2.92. The summed E-state index contributed by atoms with van der Waals surface area (Å²) in [4.78, 5) is 30.3. The molecule has 2 heterocycles. The third kappa shape index (κ3) is 6.34. The number of carbonyl (C=O) groups is 2. The molecule has 1 atom stereocenters. The molecular formula is C30H22Cl4N2O5S2. The SMILES string of the molecule is COc1c(Cl)cc(C(=O)N2CS(=O)c3ccccc32)cc1Cl.COc1c(Cl)cc(C(=O)N2CSc3ccccc32)cc1Cl. The van der Waals surface area contributed by atoms with Crippen molar-refractivity contribution >= 4 is 92.2 Å². The lowest BCUT2D eigenvalue weighted by Gasteiger charge is -2.17. The van der Waals surface area contributed by atoms with Gasteiger partial charge in [0.15, 0.2) is 11.5 Å². The highest BCUT2D eigenvalue weighted by atomic mass is 35.5. The highest BCUT2D eigenvalue weighted by Gasteiger charge is 2.31. The fourth-order valence-corrected chi connectivity index (χ4v) is 8.12. The van der Waals surface area contributed by atoms with Crippen LogP contribution in [0.4, 0.5) is 11.4 Å². The van der Waals surface area contributed by atoms with Gasteiger partial charge in [0.1, 0.15) is 5.88 Å². The first kappa shape index (κ1) is 31.5. The van der Waals surface area contributed by atoms with Crippen LogP contribution in [-0.2, 0) is 10.8 Å². The van der Waals surface area contributed by atoms with E-state index in [1.54, 1.807) is 53.1 Å². The van der Waals surface area contributed by atoms with Crippen LogP contribution in [-0.4, -0.2) is 42.0 Å². The van der Waals surface area contributed by atoms with E-state index in [1.807, 2.05) is 24.3 Å². The van der Waals surface area contributed by atoms with E-state index in [9.17, 15) is 13.8 Å². The Kier molecular flexibility index (Phi) is 9.80. The number of methoxy groups -OCH3 is 2. The van der Waals surface area contributed by atoms with Crippen molar-refractivity contribution in [1.29, 1.82) is 0 Å². The van der Waals surface area contributed by atoms with Crippen molar-refractivity contribution < 1.29 is 23.3 Å². The lowest BCUT2D eigenvalue weighted by Crippen LogP contribution is -2.29. The molecule has 0 radical (unpaired) electrons. The Bertz CT molecular complexity index is 1720. The van der Waals surface area contributed by atoms with Crippen LogP contribution in [0.1, 0.15) is 20.7 Å². The van der Waals surface area contributed by atoms with Crippen molar-refractivity contribution in [1.82, 2.24) is 0 Å². The number of ether oxygens (including phenoxy) is 2. The van der Waals surface area contributed by atoms with Gasteiger partial charge in [0, 0.05) is 16.0 Å². The molecule has 0 fully saturated rings. The molecule has 6 rings (SSSR count). The third-order valence-electron chi connectivity index (χ3n) is 6.54. The summed E-state index contributed by atoms with van der Waals surface area (Å²) < 4.78 is 22.3. The quantitative estimate of drug-likeness (QED) is 0.213. The summed E-state index contributed by atoms with van der Waals surface area (Å²) in [5.74, 6) is 0.985. The standard InChI is InChI=1S/C15H11Cl2NO3S.C15H11Cl2NO2S/c1-21-14-10(16)6-9(7-11(14)17)15(19)18-8-22(20)13-5-3-2-4-12(13)18;1-20-14-10(16)6-9(7-11(14)17)15(19)18-8-21-13-5-3-2-4-12(13)18/h2-7H,8H2,1H3;2-7H,8H2,1H3. The number of amides is 2. The van der Waals surface area contributed by atoms with Gasteiger partial charge >= 0.3 is 0 Å². The third-order valence-corrected chi connectivity index (χ3v) is 10.0. The lowest BCUT2D eigenvalue weighted by atomic mass is 10.1. The molecule has 13 heteroatoms. The van der Waals surface area contributed by atoms with Crippen LogP contribution < -0.4 is 19.3 Å². The van der Waals surface area contributed by atoms with Crippen LogP contribution in [0.25, 0.3) is 0 Å². The molecule has 222 valence electrons. The largest absolute Gasteiger partial charge is 0.494 e. The van der Waals surface area contributed by atoms with Gasteiger partial charge in [0.05, 0.1) is 67.3 Å². The van der Waals surface area contributed by atoms with E-state index in [2.05, 4.69) is 0 Å². The number of para-hydroxylation sites is 2. The van der Waals surface area contributed by atoms with E-state index in [1.165, 1.54) is 31.3 Å². The van der Waals surface area contributed by atoms with Gasteiger partial charge < -0.3 is 9.47 Å². The van der Waals surface area contributed by atoms with Crippen LogP contribution in [0.3, 0.4) is 0 Å². The van der Waals surface area contributed by atoms with Crippen LogP contribution in [0.2, 0.25) is 20.1 Å². The molecule has 43 heavy (non-hydrogen) atoms. The molecule has 0 saturated carbocycles. The van der Waals surface area contributed by atoms with E-state index in [0.717, 1.165) is 10.6 Å². The van der Waals surface area contributed by atoms with Gasteiger partial charge in [-0.05, 0) is 48.5 Å². The van der Waals surface area contributed by atoms with Crippen LogP contribution in [0, 0.1) is 0 Å². The van der Waals surface area contributed by atoms with Crippen molar-refractivity contribution in [2.24, 2.45) is 0 Å². The highest BCUT2D eigenvalue weighted by Crippen LogP contribution is 2.41. The summed E-state index contributed by atoms with van der Waals surface area (Å²) in [7, 11) is 1.72. The number of nitrogens with zero attached hydrogens (tertiary/aromatic N) is 2. The molecule has 4 aromatic carbocycles. The number of hydrogen-bond acceptors (Lipinski definition) is 6. The van der Waals surface area contributed by atoms with Crippen molar-refractivity contribution in [2.45, 2.75) is 9.79 Å². The molecule has 2 aliphatic rings. The zero-order chi connectivity index (χ0) is 30.8. The zero-order valence-corrected chi connectivity index (χ0v) is 27.3. The maximum atomic E-state index is 12.7. The Morgan fingerprint density at radius 2 is 1.19 bits per heavy atom. The number of rotatable bonds is 4. The molecule has 7 nitrogen and oxygen atoms in total. The summed E-state index contributed by atoms with van der Waals surface area (Å²) in [6.45, 7) is 0. The first-order valence-corrected chi connectivity index (χ1v) is 16.3. The predicted octanol–water partition coefficient (Wildman–Crippen LogP) is 8.44. The highest BCUT2D eigenvalue weighted by molar-refractivity contribution is 8.00. The predicted molar refractivity (Wildman–Crippen MR) is 175 cm³/mol. The van der Waals surface area contributed by atoms with Gasteiger partial charge in [0.25, 0.3) is 11.8 Å². The molecule has 0 bridgehead atoms. The number of hydrogen-bond donors (Lipinski definition) is 0. The van der Waals surface area contributed by atoms with Gasteiger partial charge in [-0.3, -0.25) is 23.6 Å². The summed E-state index contributed by atoms with van der Waals surface area (Å²) in [5.41, 5.74) is 2.33. The summed E-state index contributed by atoms with van der Waals surface area (Å²) >= 11 is 26.0. The Morgan fingerprint density at radius 1 is 0.721 bits per heavy atom. The van der Waals surface area contributed by atoms with Crippen LogP contribution in [0.5, 0.6) is 11.5 Å². The number of carbonyl (C=O) groups excluding carboxylic acids is 2. The molecule has 2 aliphatic heterocycles. The average molecular weight is 696 g/mol. The normalized spacial score (nSPS) is 14.9. The summed E-state index contributed by atoms with van der Waals surface area (Å²) in [6, 6.07) is 21.1. The van der Waals surface area contributed by atoms with Crippen molar-refractivity contribution in [3.05, 3.63) is 104 Å². The maximum Gasteiger partial charge on any atom is 0.259 e. The topological polar surface area (TPSA) is 76.1 Å². The molecular weight excluding hydrogens is 674 g/mol. The summed E-state index contributed by atoms with van der Waals surface area (Å²) in [6.07, 6.45) is 0. The average Bonchev–Trinajstić information content (AvgIpc) is 3.58. The molecule has 1 unspecified atom stereocenters. The van der Waals surface area contributed by atoms with E-state index in [4.69, 9.17) is 55.9 Å². The van der Waals surface area contributed by atoms with Gasteiger partial charge in [-0.15, -0.1) is 11.8 Å². The van der Waals surface area contributed by atoms with Crippen LogP contribution >= 0.6 is 58.2 Å². The fourth-order valence-electron chi connectivity index (χ4n) is 4.54. The van der Waals surface area contributed by atoms with E-state index >= 15 is 0 Å². The van der Waals surface area contributed by atoms with E-state index < -0.39 is 10.8 Å². The second-order valence-electron chi connectivity index (χ2n) is 9.10. The zero-order valence-electron chi connectivity index (χ0n) is 22.6. The van der Waals surface area contributed by atoms with Crippen molar-refractivity contribution in [3.63, 3.8) is 0 Å². The molecule has 0 spiro atoms. The van der Waals surface area contributed by atoms with Gasteiger partial charge in [-0.1, -0.05) is 70.7 Å². The fraction of sp³-hybridized carbons (Fsp3) is 0.133. The minimum absolute atomic E-state index is 0.124. The lowest BCUT2D eigenvalue weighted by molar-refractivity contribution is 0.0984. The number of anilines is 2. The van der Waals surface area contributed by atoms with Crippen molar-refractivity contribution in [3.8, 4) is 11.5 Å². The van der Waals surface area contributed by atoms with Gasteiger partial charge in [-0.25, -0.2) is 0 Å². The number of benzene rings is 4. The minimum atomic E-state index is -1.22. The van der Waals surface area contributed by atoms with Crippen molar-refractivity contribution in [2.75, 3.05) is 35.8 Å². The first-order chi connectivity index (χ1) is 20.6. The number of halogens is 4. The molecule has 4 aromatic rings. The maximum absolute atomic E-state index is 12.7. The molecule has 0 N–H and O–H groups in total. The Morgan fingerprint density at radius 3 is 1.72 bits per heavy atom. The number of fused-ring (bicyclic) bond motifs is 2. The summed E-state index contributed by atoms with van der Waals surface area (Å²) in [5, 5.41) is 1.17. The van der Waals surface area contributed by atoms with Gasteiger partial charge in [0.2, 0.25) is 0 Å². The van der Waals surface area contributed by atoms with E-state index in [-0.39, 0.29) is 27.7 Å². The van der Waals surface area contributed by atoms with Crippen LogP contribution in [0.15, 0.2) is 82.6 Å². The smallest absolute Gasteiger partial charge is 0.259 e. The Balaban J connectivity index is 0.000000171. The molecule has 2 amide bonds. The molecule has 0 aliphatic carbocycles. The monoisotopic (exact) mass is 694 g/mol. The molecule has 0 saturated heterocycles. The second-order valence-corrected chi connectivity index (χ2v) is 13.1. The van der Waals surface area contributed by atoms with Gasteiger partial charge in [-0.2, -0.15) is 0 Å². The number of thioether (sulfide) groups is 1. The molecule has 0 aromatic heterocycles. The Labute approximate surface area is 275 Å². The second kappa shape index (κ2) is 13.4. The van der Waals surface area contributed by atoms with E-state index in [0.29, 0.717) is 49.1 Å². The first-order valence-electron chi connectivity index (χ1n) is 12.5. The minimum Gasteiger partial charge on any atom is -0.494 e.